The van der Waals surface area contributed by atoms with Crippen LogP contribution in [-0.4, -0.2) is 52.9 Å². The molecule has 0 saturated carbocycles. The molecule has 0 saturated heterocycles. The van der Waals surface area contributed by atoms with Crippen LogP contribution in [0.5, 0.6) is 0 Å². The number of aliphatic hydroxyl groups is 1. The highest BCUT2D eigenvalue weighted by Gasteiger charge is 2.19. The van der Waals surface area contributed by atoms with E-state index in [1.807, 2.05) is 0 Å². The zero-order chi connectivity index (χ0) is 18.4. The van der Waals surface area contributed by atoms with E-state index in [1.165, 1.54) is 25.1 Å². The van der Waals surface area contributed by atoms with Crippen LogP contribution in [0.1, 0.15) is 34.6 Å². The molecule has 0 bridgehead atoms. The minimum atomic E-state index is -1.34. The maximum absolute atomic E-state index is 11.6. The number of anilines is 1. The normalized spacial score (nSPS) is 12.4. The lowest BCUT2D eigenvalue weighted by Gasteiger charge is -2.24. The van der Waals surface area contributed by atoms with Gasteiger partial charge in [0.1, 0.15) is 6.10 Å². The zero-order valence-electron chi connectivity index (χ0n) is 13.5. The molecule has 1 rings (SSSR count). The molecule has 0 aliphatic rings. The highest BCUT2D eigenvalue weighted by atomic mass is 16.5. The maximum Gasteiger partial charge on any atom is 0.337 e. The smallest absolute Gasteiger partial charge is 0.337 e. The predicted octanol–water partition coefficient (Wildman–Crippen LogP) is 1.91. The molecule has 1 aromatic carbocycles. The van der Waals surface area contributed by atoms with Crippen LogP contribution in [-0.2, 0) is 9.53 Å². The Morgan fingerprint density at radius 2 is 1.79 bits per heavy atom. The van der Waals surface area contributed by atoms with Crippen LogP contribution < -0.4 is 4.90 Å². The van der Waals surface area contributed by atoms with Gasteiger partial charge in [-0.15, -0.1) is 0 Å². The fraction of sp³-hybridized carbons (Fsp3) is 0.312. The standard InChI is InChI=1S/C16H19NO7/c1-9(8-18)16(23)24-10(2)7-17(3)11-4-5-12(14(19)20)13(6-11)15(21)22/h4-6,8,10,18H,7H2,1-3H3,(H,19,20)(H,21,22)/b9-8+. The lowest BCUT2D eigenvalue weighted by molar-refractivity contribution is -0.143. The number of carbonyl (C=O) groups excluding carboxylic acids is 1. The molecule has 0 heterocycles. The largest absolute Gasteiger partial charge is 0.515 e. The third-order valence-electron chi connectivity index (χ3n) is 3.26. The van der Waals surface area contributed by atoms with Gasteiger partial charge in [0.25, 0.3) is 0 Å². The number of carboxylic acid groups (broad SMARTS) is 2. The van der Waals surface area contributed by atoms with Crippen LogP contribution in [0.3, 0.4) is 0 Å². The van der Waals surface area contributed by atoms with Crippen molar-refractivity contribution in [3.63, 3.8) is 0 Å². The van der Waals surface area contributed by atoms with Gasteiger partial charge in [-0.2, -0.15) is 0 Å². The van der Waals surface area contributed by atoms with Gasteiger partial charge in [0, 0.05) is 12.7 Å². The Kier molecular flexibility index (Phi) is 6.34. The van der Waals surface area contributed by atoms with Crippen molar-refractivity contribution in [1.82, 2.24) is 0 Å². The fourth-order valence-electron chi connectivity index (χ4n) is 1.99. The summed E-state index contributed by atoms with van der Waals surface area (Å²) >= 11 is 0. The second-order valence-electron chi connectivity index (χ2n) is 5.25. The monoisotopic (exact) mass is 337 g/mol. The number of nitrogens with zero attached hydrogens (tertiary/aromatic N) is 1. The summed E-state index contributed by atoms with van der Waals surface area (Å²) in [5.41, 5.74) is -0.100. The Morgan fingerprint density at radius 3 is 2.29 bits per heavy atom. The molecule has 1 unspecified atom stereocenters. The van der Waals surface area contributed by atoms with E-state index in [0.717, 1.165) is 0 Å². The lowest BCUT2D eigenvalue weighted by Crippen LogP contribution is -2.31. The minimum Gasteiger partial charge on any atom is -0.515 e. The number of likely N-dealkylation sites (N-methyl/N-ethyl adjacent to an activating group) is 1. The Morgan fingerprint density at radius 1 is 1.21 bits per heavy atom. The lowest BCUT2D eigenvalue weighted by atomic mass is 10.1. The summed E-state index contributed by atoms with van der Waals surface area (Å²) in [6, 6.07) is 3.94. The van der Waals surface area contributed by atoms with E-state index >= 15 is 0 Å². The number of hydrogen-bond acceptors (Lipinski definition) is 6. The molecule has 0 fully saturated rings. The van der Waals surface area contributed by atoms with E-state index in [9.17, 15) is 14.4 Å². The molecular formula is C16H19NO7. The average Bonchev–Trinajstić information content (AvgIpc) is 2.52. The molecule has 0 aromatic heterocycles. The molecule has 0 radical (unpaired) electrons. The second-order valence-corrected chi connectivity index (χ2v) is 5.25. The molecule has 0 spiro atoms. The molecule has 0 aliphatic heterocycles. The van der Waals surface area contributed by atoms with Crippen molar-refractivity contribution in [3.8, 4) is 0 Å². The Labute approximate surface area is 138 Å². The summed E-state index contributed by atoms with van der Waals surface area (Å²) < 4.78 is 5.12. The number of rotatable bonds is 7. The molecule has 24 heavy (non-hydrogen) atoms. The first kappa shape index (κ1) is 19.0. The first-order valence-electron chi connectivity index (χ1n) is 7.01. The number of hydrogen-bond donors (Lipinski definition) is 3. The summed E-state index contributed by atoms with van der Waals surface area (Å²) in [5, 5.41) is 26.9. The predicted molar refractivity (Wildman–Crippen MR) is 85.6 cm³/mol. The molecule has 1 aromatic rings. The first-order chi connectivity index (χ1) is 11.2. The number of ether oxygens (including phenoxy) is 1. The zero-order valence-corrected chi connectivity index (χ0v) is 13.5. The molecule has 0 aliphatic carbocycles. The van der Waals surface area contributed by atoms with Gasteiger partial charge < -0.3 is 25.0 Å². The summed E-state index contributed by atoms with van der Waals surface area (Å²) in [4.78, 5) is 35.4. The van der Waals surface area contributed by atoms with Crippen molar-refractivity contribution >= 4 is 23.6 Å². The van der Waals surface area contributed by atoms with Crippen molar-refractivity contribution in [2.75, 3.05) is 18.5 Å². The number of aliphatic hydroxyl groups excluding tert-OH is 1. The van der Waals surface area contributed by atoms with Crippen LogP contribution in [0.2, 0.25) is 0 Å². The molecule has 8 nitrogen and oxygen atoms in total. The quantitative estimate of drug-likeness (QED) is 0.391. The van der Waals surface area contributed by atoms with Crippen LogP contribution in [0.4, 0.5) is 5.69 Å². The average molecular weight is 337 g/mol. The highest BCUT2D eigenvalue weighted by molar-refractivity contribution is 6.02. The van der Waals surface area contributed by atoms with Gasteiger partial charge in [0.2, 0.25) is 0 Å². The van der Waals surface area contributed by atoms with Gasteiger partial charge in [-0.3, -0.25) is 0 Å². The molecule has 1 atom stereocenters. The second kappa shape index (κ2) is 8.00. The van der Waals surface area contributed by atoms with E-state index in [-0.39, 0.29) is 23.2 Å². The molecule has 3 N–H and O–H groups in total. The number of carbonyl (C=O) groups is 3. The SMILES string of the molecule is C/C(=C\O)C(=O)OC(C)CN(C)c1ccc(C(=O)O)c(C(=O)O)c1. The van der Waals surface area contributed by atoms with Crippen LogP contribution >= 0.6 is 0 Å². The van der Waals surface area contributed by atoms with Crippen LogP contribution in [0, 0.1) is 0 Å². The van der Waals surface area contributed by atoms with E-state index in [4.69, 9.17) is 20.1 Å². The van der Waals surface area contributed by atoms with Gasteiger partial charge in [0.15, 0.2) is 0 Å². The van der Waals surface area contributed by atoms with E-state index in [2.05, 4.69) is 0 Å². The third-order valence-corrected chi connectivity index (χ3v) is 3.26. The Balaban J connectivity index is 2.90. The van der Waals surface area contributed by atoms with E-state index in [0.29, 0.717) is 11.9 Å². The van der Waals surface area contributed by atoms with E-state index < -0.39 is 24.0 Å². The van der Waals surface area contributed by atoms with Crippen LogP contribution in [0.25, 0.3) is 0 Å². The van der Waals surface area contributed by atoms with Crippen molar-refractivity contribution in [1.29, 1.82) is 0 Å². The topological polar surface area (TPSA) is 124 Å². The summed E-state index contributed by atoms with van der Waals surface area (Å²) in [6.45, 7) is 3.29. The number of esters is 1. The highest BCUT2D eigenvalue weighted by Crippen LogP contribution is 2.20. The molecular weight excluding hydrogens is 318 g/mol. The third kappa shape index (κ3) is 4.73. The summed E-state index contributed by atoms with van der Waals surface area (Å²) in [5.74, 6) is -3.33. The molecule has 130 valence electrons. The van der Waals surface area contributed by atoms with Crippen molar-refractivity contribution < 1.29 is 34.4 Å². The summed E-state index contributed by atoms with van der Waals surface area (Å²) in [6.07, 6.45) is 0.118. The molecule has 0 amide bonds. The first-order valence-corrected chi connectivity index (χ1v) is 7.01. The van der Waals surface area contributed by atoms with Gasteiger partial charge >= 0.3 is 17.9 Å². The van der Waals surface area contributed by atoms with Crippen molar-refractivity contribution in [3.05, 3.63) is 41.2 Å². The van der Waals surface area contributed by atoms with Gasteiger partial charge in [-0.25, -0.2) is 14.4 Å². The molecule has 8 heteroatoms. The van der Waals surface area contributed by atoms with Crippen LogP contribution in [0.15, 0.2) is 30.0 Å². The maximum atomic E-state index is 11.6. The number of aromatic carboxylic acids is 2. The van der Waals surface area contributed by atoms with Crippen molar-refractivity contribution in [2.24, 2.45) is 0 Å². The Hall–Kier alpha value is -3.03. The number of benzene rings is 1. The van der Waals surface area contributed by atoms with Gasteiger partial charge in [0.05, 0.1) is 29.5 Å². The minimum absolute atomic E-state index is 0.0588. The number of carboxylic acids is 2. The van der Waals surface area contributed by atoms with Crippen molar-refractivity contribution in [2.45, 2.75) is 20.0 Å². The van der Waals surface area contributed by atoms with E-state index in [1.54, 1.807) is 18.9 Å². The van der Waals surface area contributed by atoms with Gasteiger partial charge in [-0.05, 0) is 32.0 Å². The fourth-order valence-corrected chi connectivity index (χ4v) is 1.99. The van der Waals surface area contributed by atoms with Gasteiger partial charge in [-0.1, -0.05) is 0 Å². The summed E-state index contributed by atoms with van der Waals surface area (Å²) in [7, 11) is 1.65. The Bertz CT molecular complexity index is 681.